The van der Waals surface area contributed by atoms with Crippen molar-refractivity contribution >= 4 is 17.3 Å². The lowest BCUT2D eigenvalue weighted by atomic mass is 9.96. The number of rotatable bonds is 3. The number of pyridine rings is 1. The number of alkyl halides is 3. The molecule has 0 unspecified atom stereocenters. The van der Waals surface area contributed by atoms with Crippen LogP contribution in [-0.2, 0) is 0 Å². The van der Waals surface area contributed by atoms with Gasteiger partial charge in [0.1, 0.15) is 11.6 Å². The third-order valence-electron chi connectivity index (χ3n) is 3.55. The summed E-state index contributed by atoms with van der Waals surface area (Å²) in [5.74, 6) is -0.664. The van der Waals surface area contributed by atoms with Crippen molar-refractivity contribution in [2.75, 3.05) is 30.4 Å². The normalized spacial score (nSPS) is 16.9. The molecule has 1 aliphatic rings. The zero-order valence-corrected chi connectivity index (χ0v) is 11.4. The summed E-state index contributed by atoms with van der Waals surface area (Å²) in [4.78, 5) is 16.1. The first-order chi connectivity index (χ1) is 9.81. The molecule has 9 heteroatoms. The molecule has 1 saturated heterocycles. The van der Waals surface area contributed by atoms with E-state index in [-0.39, 0.29) is 31.6 Å². The number of aromatic nitrogens is 1. The van der Waals surface area contributed by atoms with Gasteiger partial charge in [-0.1, -0.05) is 0 Å². The van der Waals surface area contributed by atoms with Gasteiger partial charge in [-0.3, -0.25) is 10.1 Å². The van der Waals surface area contributed by atoms with E-state index in [1.165, 1.54) is 12.1 Å². The summed E-state index contributed by atoms with van der Waals surface area (Å²) < 4.78 is 37.9. The predicted molar refractivity (Wildman–Crippen MR) is 71.4 cm³/mol. The Labute approximate surface area is 119 Å². The van der Waals surface area contributed by atoms with Crippen molar-refractivity contribution < 1.29 is 18.1 Å². The number of hydrogen-bond acceptors (Lipinski definition) is 5. The highest BCUT2D eigenvalue weighted by molar-refractivity contribution is 5.55. The van der Waals surface area contributed by atoms with Crippen LogP contribution in [-0.4, -0.2) is 36.2 Å². The van der Waals surface area contributed by atoms with Gasteiger partial charge in [-0.2, -0.15) is 13.2 Å². The van der Waals surface area contributed by atoms with Gasteiger partial charge in [0.05, 0.1) is 23.0 Å². The van der Waals surface area contributed by atoms with Crippen molar-refractivity contribution in [2.24, 2.45) is 5.92 Å². The van der Waals surface area contributed by atoms with Crippen molar-refractivity contribution in [3.05, 3.63) is 22.2 Å². The van der Waals surface area contributed by atoms with E-state index in [0.717, 1.165) is 0 Å². The molecule has 0 atom stereocenters. The Morgan fingerprint density at radius 3 is 2.48 bits per heavy atom. The molecule has 1 aromatic rings. The largest absolute Gasteiger partial charge is 0.391 e. The highest BCUT2D eigenvalue weighted by Crippen LogP contribution is 2.35. The molecule has 0 bridgehead atoms. The summed E-state index contributed by atoms with van der Waals surface area (Å²) in [5.41, 5.74) is -0.137. The molecule has 0 aromatic carbocycles. The summed E-state index contributed by atoms with van der Waals surface area (Å²) in [6.07, 6.45) is -4.23. The number of nitrogens with one attached hydrogen (secondary N) is 1. The average Bonchev–Trinajstić information content (AvgIpc) is 2.46. The van der Waals surface area contributed by atoms with Crippen LogP contribution in [0.2, 0.25) is 0 Å². The molecular weight excluding hydrogens is 289 g/mol. The molecule has 1 aromatic heterocycles. The maximum absolute atomic E-state index is 12.6. The van der Waals surface area contributed by atoms with E-state index in [2.05, 4.69) is 10.3 Å². The van der Waals surface area contributed by atoms with Gasteiger partial charge < -0.3 is 10.2 Å². The SMILES string of the molecule is CNc1cc([N+](=O)[O-])cc(N2CCC(C(F)(F)F)CC2)n1. The Kier molecular flexibility index (Phi) is 4.19. The summed E-state index contributed by atoms with van der Waals surface area (Å²) in [6, 6.07) is 2.57. The van der Waals surface area contributed by atoms with Crippen molar-refractivity contribution in [1.29, 1.82) is 0 Å². The monoisotopic (exact) mass is 304 g/mol. The van der Waals surface area contributed by atoms with Crippen LogP contribution in [0.1, 0.15) is 12.8 Å². The Morgan fingerprint density at radius 2 is 2.00 bits per heavy atom. The van der Waals surface area contributed by atoms with Crippen molar-refractivity contribution in [1.82, 2.24) is 4.98 Å². The summed E-state index contributed by atoms with van der Waals surface area (Å²) in [5, 5.41) is 13.6. The molecule has 0 aliphatic carbocycles. The molecule has 2 rings (SSSR count). The molecule has 21 heavy (non-hydrogen) atoms. The lowest BCUT2D eigenvalue weighted by Gasteiger charge is -2.33. The van der Waals surface area contributed by atoms with Gasteiger partial charge in [0, 0.05) is 20.1 Å². The second kappa shape index (κ2) is 5.74. The number of piperidine rings is 1. The van der Waals surface area contributed by atoms with E-state index >= 15 is 0 Å². The van der Waals surface area contributed by atoms with Crippen LogP contribution in [0.4, 0.5) is 30.5 Å². The van der Waals surface area contributed by atoms with E-state index in [1.807, 2.05) is 0 Å². The zero-order valence-electron chi connectivity index (χ0n) is 11.4. The van der Waals surface area contributed by atoms with Gasteiger partial charge in [-0.25, -0.2) is 4.98 Å². The second-order valence-electron chi connectivity index (χ2n) is 4.88. The standard InChI is InChI=1S/C12H15F3N4O2/c1-16-10-6-9(19(20)21)7-11(17-10)18-4-2-8(3-5-18)12(13,14)15/h6-8H,2-5H2,1H3,(H,16,17). The average molecular weight is 304 g/mol. The number of nitro groups is 1. The van der Waals surface area contributed by atoms with E-state index in [4.69, 9.17) is 0 Å². The molecule has 1 fully saturated rings. The fourth-order valence-electron chi connectivity index (χ4n) is 2.33. The lowest BCUT2D eigenvalue weighted by Crippen LogP contribution is -2.39. The second-order valence-corrected chi connectivity index (χ2v) is 4.88. The van der Waals surface area contributed by atoms with Gasteiger partial charge >= 0.3 is 6.18 Å². The molecule has 0 amide bonds. The molecule has 1 aliphatic heterocycles. The van der Waals surface area contributed by atoms with E-state index in [9.17, 15) is 23.3 Å². The van der Waals surface area contributed by atoms with Gasteiger partial charge in [-0.15, -0.1) is 0 Å². The third-order valence-corrected chi connectivity index (χ3v) is 3.55. The molecular formula is C12H15F3N4O2. The van der Waals surface area contributed by atoms with Crippen molar-refractivity contribution in [3.8, 4) is 0 Å². The molecule has 6 nitrogen and oxygen atoms in total. The Morgan fingerprint density at radius 1 is 1.38 bits per heavy atom. The van der Waals surface area contributed by atoms with Crippen LogP contribution in [0, 0.1) is 16.0 Å². The van der Waals surface area contributed by atoms with E-state index in [1.54, 1.807) is 11.9 Å². The third kappa shape index (κ3) is 3.53. The van der Waals surface area contributed by atoms with Gasteiger partial charge in [0.2, 0.25) is 0 Å². The molecule has 0 saturated carbocycles. The molecule has 0 spiro atoms. The van der Waals surface area contributed by atoms with Crippen LogP contribution in [0.5, 0.6) is 0 Å². The highest BCUT2D eigenvalue weighted by Gasteiger charge is 2.41. The van der Waals surface area contributed by atoms with Crippen molar-refractivity contribution in [3.63, 3.8) is 0 Å². The summed E-state index contributed by atoms with van der Waals surface area (Å²) in [7, 11) is 1.58. The summed E-state index contributed by atoms with van der Waals surface area (Å²) in [6.45, 7) is 0.364. The molecule has 0 radical (unpaired) electrons. The number of halogens is 3. The van der Waals surface area contributed by atoms with Crippen LogP contribution in [0.15, 0.2) is 12.1 Å². The van der Waals surface area contributed by atoms with Crippen molar-refractivity contribution in [2.45, 2.75) is 19.0 Å². The first-order valence-electron chi connectivity index (χ1n) is 6.47. The minimum Gasteiger partial charge on any atom is -0.373 e. The topological polar surface area (TPSA) is 71.3 Å². The van der Waals surface area contributed by atoms with E-state index in [0.29, 0.717) is 11.6 Å². The van der Waals surface area contributed by atoms with Crippen LogP contribution in [0.3, 0.4) is 0 Å². The fourth-order valence-corrected chi connectivity index (χ4v) is 2.33. The maximum atomic E-state index is 12.6. The number of nitrogens with zero attached hydrogens (tertiary/aromatic N) is 3. The lowest BCUT2D eigenvalue weighted by molar-refractivity contribution is -0.384. The number of anilines is 2. The molecule has 116 valence electrons. The van der Waals surface area contributed by atoms with Crippen LogP contribution in [0.25, 0.3) is 0 Å². The minimum atomic E-state index is -4.18. The maximum Gasteiger partial charge on any atom is 0.391 e. The number of hydrogen-bond donors (Lipinski definition) is 1. The predicted octanol–water partition coefficient (Wildman–Crippen LogP) is 2.81. The van der Waals surface area contributed by atoms with E-state index < -0.39 is 17.0 Å². The molecule has 2 heterocycles. The van der Waals surface area contributed by atoms with Gasteiger partial charge in [-0.05, 0) is 12.8 Å². The summed E-state index contributed by atoms with van der Waals surface area (Å²) >= 11 is 0. The highest BCUT2D eigenvalue weighted by atomic mass is 19.4. The quantitative estimate of drug-likeness (QED) is 0.687. The van der Waals surface area contributed by atoms with Gasteiger partial charge in [0.25, 0.3) is 5.69 Å². The fraction of sp³-hybridized carbons (Fsp3) is 0.583. The Balaban J connectivity index is 2.16. The van der Waals surface area contributed by atoms with Crippen LogP contribution < -0.4 is 10.2 Å². The first kappa shape index (κ1) is 15.3. The van der Waals surface area contributed by atoms with Gasteiger partial charge in [0.15, 0.2) is 0 Å². The van der Waals surface area contributed by atoms with Crippen LogP contribution >= 0.6 is 0 Å². The smallest absolute Gasteiger partial charge is 0.373 e. The Bertz CT molecular complexity index is 528. The minimum absolute atomic E-state index is 0.0250. The molecule has 1 N–H and O–H groups in total. The Hall–Kier alpha value is -2.06. The zero-order chi connectivity index (χ0) is 15.6. The first-order valence-corrected chi connectivity index (χ1v) is 6.47.